The number of benzene rings is 2. The van der Waals surface area contributed by atoms with Gasteiger partial charge in [-0.25, -0.2) is 0 Å². The van der Waals surface area contributed by atoms with E-state index in [1.807, 2.05) is 0 Å². The second kappa shape index (κ2) is 9.74. The summed E-state index contributed by atoms with van der Waals surface area (Å²) in [7, 11) is 1.54. The number of nitrogens with zero attached hydrogens (tertiary/aromatic N) is 1. The van der Waals surface area contributed by atoms with Gasteiger partial charge in [-0.3, -0.25) is 19.3 Å². The average molecular weight is 503 g/mol. The highest BCUT2D eigenvalue weighted by Crippen LogP contribution is 2.36. The summed E-state index contributed by atoms with van der Waals surface area (Å²) in [6, 6.07) is 15.2. The smallest absolute Gasteiger partial charge is 0.294 e. The van der Waals surface area contributed by atoms with Gasteiger partial charge in [0.05, 0.1) is 22.1 Å². The molecule has 2 heterocycles. The minimum absolute atomic E-state index is 0.148. The highest BCUT2D eigenvalue weighted by atomic mass is 35.5. The van der Waals surface area contributed by atoms with Crippen LogP contribution in [-0.2, 0) is 9.59 Å². The molecule has 10 heteroatoms. The SMILES string of the molecule is COc1ccc(NC(=O)CN2C(=O)S/C(=C/c3ccc(-c4cccc(Cl)c4Cl)o3)C2=O)cc1. The van der Waals surface area contributed by atoms with Crippen LogP contribution in [0.1, 0.15) is 5.76 Å². The van der Waals surface area contributed by atoms with Gasteiger partial charge in [-0.15, -0.1) is 0 Å². The second-order valence-corrected chi connectivity index (χ2v) is 8.63. The van der Waals surface area contributed by atoms with E-state index in [4.69, 9.17) is 32.4 Å². The van der Waals surface area contributed by atoms with Crippen LogP contribution < -0.4 is 10.1 Å². The van der Waals surface area contributed by atoms with Crippen molar-refractivity contribution >= 4 is 63.8 Å². The summed E-state index contributed by atoms with van der Waals surface area (Å²) in [5.41, 5.74) is 1.12. The molecule has 0 spiro atoms. The predicted molar refractivity (Wildman–Crippen MR) is 128 cm³/mol. The highest BCUT2D eigenvalue weighted by molar-refractivity contribution is 8.18. The van der Waals surface area contributed by atoms with Gasteiger partial charge in [-0.2, -0.15) is 0 Å². The van der Waals surface area contributed by atoms with E-state index in [1.165, 1.54) is 13.2 Å². The van der Waals surface area contributed by atoms with Crippen LogP contribution in [0.2, 0.25) is 10.0 Å². The molecule has 0 aliphatic carbocycles. The molecular weight excluding hydrogens is 487 g/mol. The average Bonchev–Trinajstić information content (AvgIpc) is 3.36. The standard InChI is InChI=1S/C23H16Cl2N2O5S/c1-31-14-7-5-13(6-8-14)26-20(28)12-27-22(29)19(33-23(27)30)11-15-9-10-18(32-15)16-3-2-4-17(24)21(16)25/h2-11H,12H2,1H3,(H,26,28)/b19-11+. The number of carbonyl (C=O) groups is 3. The Kier molecular flexibility index (Phi) is 6.78. The molecule has 1 aromatic heterocycles. The summed E-state index contributed by atoms with van der Waals surface area (Å²) in [6.45, 7) is -0.407. The molecule has 168 valence electrons. The lowest BCUT2D eigenvalue weighted by molar-refractivity contribution is -0.127. The molecule has 3 amide bonds. The maximum Gasteiger partial charge on any atom is 0.294 e. The van der Waals surface area contributed by atoms with Crippen LogP contribution in [0.4, 0.5) is 10.5 Å². The lowest BCUT2D eigenvalue weighted by atomic mass is 10.2. The van der Waals surface area contributed by atoms with Crippen LogP contribution in [0.25, 0.3) is 17.4 Å². The minimum atomic E-state index is -0.575. The van der Waals surface area contributed by atoms with E-state index in [9.17, 15) is 14.4 Å². The van der Waals surface area contributed by atoms with Crippen molar-refractivity contribution in [2.24, 2.45) is 0 Å². The predicted octanol–water partition coefficient (Wildman–Crippen LogP) is 5.94. The summed E-state index contributed by atoms with van der Waals surface area (Å²) < 4.78 is 10.8. The van der Waals surface area contributed by atoms with Gasteiger partial charge in [-0.1, -0.05) is 29.3 Å². The van der Waals surface area contributed by atoms with Crippen molar-refractivity contribution in [2.75, 3.05) is 19.0 Å². The molecule has 4 rings (SSSR count). The van der Waals surface area contributed by atoms with Crippen molar-refractivity contribution < 1.29 is 23.5 Å². The van der Waals surface area contributed by atoms with E-state index >= 15 is 0 Å². The lowest BCUT2D eigenvalue weighted by Gasteiger charge is -2.12. The van der Waals surface area contributed by atoms with Crippen LogP contribution in [0, 0.1) is 0 Å². The fourth-order valence-corrected chi connectivity index (χ4v) is 4.27. The van der Waals surface area contributed by atoms with E-state index in [1.54, 1.807) is 54.6 Å². The molecule has 1 fully saturated rings. The fraction of sp³-hybridized carbons (Fsp3) is 0.0870. The number of hydrogen-bond donors (Lipinski definition) is 1. The van der Waals surface area contributed by atoms with E-state index in [-0.39, 0.29) is 4.91 Å². The van der Waals surface area contributed by atoms with Gasteiger partial charge < -0.3 is 14.5 Å². The summed E-state index contributed by atoms with van der Waals surface area (Å²) >= 11 is 13.0. The van der Waals surface area contributed by atoms with Gasteiger partial charge in [0.2, 0.25) is 5.91 Å². The van der Waals surface area contributed by atoms with Crippen molar-refractivity contribution in [2.45, 2.75) is 0 Å². The van der Waals surface area contributed by atoms with Gasteiger partial charge in [0.15, 0.2) is 0 Å². The highest BCUT2D eigenvalue weighted by Gasteiger charge is 2.36. The third-order valence-corrected chi connectivity index (χ3v) is 6.39. The molecule has 3 aromatic rings. The molecule has 2 aromatic carbocycles. The molecule has 0 atom stereocenters. The van der Waals surface area contributed by atoms with Gasteiger partial charge in [0.1, 0.15) is 23.8 Å². The normalized spacial score (nSPS) is 14.8. The van der Waals surface area contributed by atoms with Gasteiger partial charge in [0, 0.05) is 17.3 Å². The van der Waals surface area contributed by atoms with Crippen molar-refractivity contribution in [1.29, 1.82) is 0 Å². The number of imide groups is 1. The summed E-state index contributed by atoms with van der Waals surface area (Å²) in [5.74, 6) is 0.386. The van der Waals surface area contributed by atoms with Crippen molar-refractivity contribution in [3.63, 3.8) is 0 Å². The Morgan fingerprint density at radius 1 is 1.12 bits per heavy atom. The lowest BCUT2D eigenvalue weighted by Crippen LogP contribution is -2.36. The van der Waals surface area contributed by atoms with Gasteiger partial charge >= 0.3 is 0 Å². The molecule has 1 aliphatic heterocycles. The molecule has 0 unspecified atom stereocenters. The zero-order chi connectivity index (χ0) is 23.5. The first-order valence-corrected chi connectivity index (χ1v) is 11.2. The van der Waals surface area contributed by atoms with Gasteiger partial charge in [-0.05, 0) is 60.3 Å². The quantitative estimate of drug-likeness (QED) is 0.419. The first-order chi connectivity index (χ1) is 15.9. The number of methoxy groups -OCH3 is 1. The molecule has 0 bridgehead atoms. The first-order valence-electron chi connectivity index (χ1n) is 9.59. The Morgan fingerprint density at radius 3 is 2.61 bits per heavy atom. The Morgan fingerprint density at radius 2 is 1.88 bits per heavy atom. The van der Waals surface area contributed by atoms with E-state index in [0.29, 0.717) is 38.6 Å². The van der Waals surface area contributed by atoms with Crippen LogP contribution in [0.5, 0.6) is 5.75 Å². The third kappa shape index (κ3) is 5.08. The second-order valence-electron chi connectivity index (χ2n) is 6.85. The van der Waals surface area contributed by atoms with E-state index < -0.39 is 23.6 Å². The number of thioether (sulfide) groups is 1. The maximum atomic E-state index is 12.7. The Bertz CT molecular complexity index is 1270. The Labute approximate surface area is 203 Å². The van der Waals surface area contributed by atoms with Crippen molar-refractivity contribution in [3.8, 4) is 17.1 Å². The molecule has 1 N–H and O–H groups in total. The molecule has 0 saturated carbocycles. The molecule has 33 heavy (non-hydrogen) atoms. The number of rotatable bonds is 6. The number of carbonyl (C=O) groups excluding carboxylic acids is 3. The number of furan rings is 1. The van der Waals surface area contributed by atoms with Crippen LogP contribution >= 0.6 is 35.0 Å². The van der Waals surface area contributed by atoms with E-state index in [0.717, 1.165) is 16.7 Å². The number of hydrogen-bond acceptors (Lipinski definition) is 6. The zero-order valence-corrected chi connectivity index (χ0v) is 19.5. The topological polar surface area (TPSA) is 88.8 Å². The largest absolute Gasteiger partial charge is 0.497 e. The van der Waals surface area contributed by atoms with Crippen molar-refractivity contribution in [1.82, 2.24) is 4.90 Å². The minimum Gasteiger partial charge on any atom is -0.497 e. The molecule has 7 nitrogen and oxygen atoms in total. The molecule has 0 radical (unpaired) electrons. The van der Waals surface area contributed by atoms with Crippen LogP contribution in [0.15, 0.2) is 63.9 Å². The van der Waals surface area contributed by atoms with Crippen LogP contribution in [0.3, 0.4) is 0 Å². The van der Waals surface area contributed by atoms with Crippen molar-refractivity contribution in [3.05, 3.63) is 75.3 Å². The summed E-state index contributed by atoms with van der Waals surface area (Å²) in [4.78, 5) is 38.4. The molecule has 1 saturated heterocycles. The van der Waals surface area contributed by atoms with Gasteiger partial charge in [0.25, 0.3) is 11.1 Å². The zero-order valence-electron chi connectivity index (χ0n) is 17.1. The number of amides is 3. The summed E-state index contributed by atoms with van der Waals surface area (Å²) in [6.07, 6.45) is 1.45. The monoisotopic (exact) mass is 502 g/mol. The maximum absolute atomic E-state index is 12.7. The van der Waals surface area contributed by atoms with E-state index in [2.05, 4.69) is 5.32 Å². The number of nitrogens with one attached hydrogen (secondary N) is 1. The molecule has 1 aliphatic rings. The third-order valence-electron chi connectivity index (χ3n) is 4.67. The number of halogens is 2. The number of ether oxygens (including phenoxy) is 1. The summed E-state index contributed by atoms with van der Waals surface area (Å²) in [5, 5.41) is 2.85. The Balaban J connectivity index is 1.45. The van der Waals surface area contributed by atoms with Crippen LogP contribution in [-0.4, -0.2) is 35.6 Å². The number of anilines is 1. The molecular formula is C23H16Cl2N2O5S. The Hall–Kier alpha value is -3.20. The fourth-order valence-electron chi connectivity index (χ4n) is 3.05. The first kappa shape index (κ1) is 23.0.